The molecule has 1 fully saturated rings. The summed E-state index contributed by atoms with van der Waals surface area (Å²) in [7, 11) is 0. The van der Waals surface area contributed by atoms with Gasteiger partial charge in [-0.2, -0.15) is 0 Å². The van der Waals surface area contributed by atoms with E-state index in [-0.39, 0.29) is 18.7 Å². The Kier molecular flexibility index (Phi) is 4.63. The van der Waals surface area contributed by atoms with E-state index in [4.69, 9.17) is 19.9 Å². The molecule has 26 heavy (non-hydrogen) atoms. The molecule has 1 atom stereocenters. The van der Waals surface area contributed by atoms with Crippen molar-refractivity contribution >= 4 is 17.5 Å². The number of carbonyl (C=O) groups is 1. The first-order valence-electron chi connectivity index (χ1n) is 8.81. The molecule has 0 amide bonds. The smallest absolute Gasteiger partial charge is 0.231 e. The van der Waals surface area contributed by atoms with Gasteiger partial charge in [0.1, 0.15) is 6.10 Å². The van der Waals surface area contributed by atoms with Gasteiger partial charge in [0.15, 0.2) is 17.3 Å². The number of allylic oxidation sites excluding steroid dienone is 1. The minimum absolute atomic E-state index is 0.0116. The van der Waals surface area contributed by atoms with E-state index in [1.54, 1.807) is 6.07 Å². The first-order valence-corrected chi connectivity index (χ1v) is 8.81. The standard InChI is InChI=1S/C21H21NO4/c22-16-8-7-15(17(12-16)21(23)19-5-2-10-24-19)4-1-3-14-6-9-18-20(11-14)26-13-25-18/h1,4,6-9,11-12,19H,2-3,5,10,13,22H2/b4-1+. The summed E-state index contributed by atoms with van der Waals surface area (Å²) in [5.41, 5.74) is 9.08. The topological polar surface area (TPSA) is 70.8 Å². The molecule has 0 aromatic heterocycles. The van der Waals surface area contributed by atoms with Crippen LogP contribution in [0.2, 0.25) is 0 Å². The van der Waals surface area contributed by atoms with Crippen molar-refractivity contribution in [3.05, 3.63) is 59.2 Å². The van der Waals surface area contributed by atoms with Gasteiger partial charge in [-0.25, -0.2) is 0 Å². The molecule has 4 rings (SSSR count). The third kappa shape index (κ3) is 3.44. The predicted molar refractivity (Wildman–Crippen MR) is 99.5 cm³/mol. The lowest BCUT2D eigenvalue weighted by Gasteiger charge is -2.11. The van der Waals surface area contributed by atoms with Crippen molar-refractivity contribution in [2.75, 3.05) is 19.1 Å². The highest BCUT2D eigenvalue weighted by Crippen LogP contribution is 2.32. The Morgan fingerprint density at radius 2 is 2.04 bits per heavy atom. The highest BCUT2D eigenvalue weighted by molar-refractivity contribution is 6.03. The number of carbonyl (C=O) groups excluding carboxylic acids is 1. The normalized spacial score (nSPS) is 18.5. The van der Waals surface area contributed by atoms with Crippen molar-refractivity contribution in [2.45, 2.75) is 25.4 Å². The fraction of sp³-hybridized carbons (Fsp3) is 0.286. The van der Waals surface area contributed by atoms with Crippen LogP contribution >= 0.6 is 0 Å². The van der Waals surface area contributed by atoms with Crippen molar-refractivity contribution in [1.82, 2.24) is 0 Å². The molecule has 0 bridgehead atoms. The van der Waals surface area contributed by atoms with E-state index in [9.17, 15) is 4.79 Å². The maximum Gasteiger partial charge on any atom is 0.231 e. The van der Waals surface area contributed by atoms with E-state index >= 15 is 0 Å². The number of rotatable bonds is 5. The van der Waals surface area contributed by atoms with Crippen LogP contribution in [-0.2, 0) is 11.2 Å². The molecule has 2 aromatic carbocycles. The van der Waals surface area contributed by atoms with Crippen molar-refractivity contribution in [1.29, 1.82) is 0 Å². The highest BCUT2D eigenvalue weighted by atomic mass is 16.7. The monoisotopic (exact) mass is 351 g/mol. The van der Waals surface area contributed by atoms with Gasteiger partial charge in [-0.15, -0.1) is 0 Å². The number of nitrogen functional groups attached to an aromatic ring is 1. The summed E-state index contributed by atoms with van der Waals surface area (Å²) >= 11 is 0. The number of hydrogen-bond acceptors (Lipinski definition) is 5. The van der Waals surface area contributed by atoms with Gasteiger partial charge in [-0.3, -0.25) is 4.79 Å². The summed E-state index contributed by atoms with van der Waals surface area (Å²) in [6.07, 6.45) is 6.08. The van der Waals surface area contributed by atoms with Gasteiger partial charge >= 0.3 is 0 Å². The van der Waals surface area contributed by atoms with E-state index < -0.39 is 0 Å². The third-order valence-electron chi connectivity index (χ3n) is 4.65. The summed E-state index contributed by atoms with van der Waals surface area (Å²) in [5.74, 6) is 1.57. The van der Waals surface area contributed by atoms with E-state index in [0.29, 0.717) is 17.9 Å². The number of ketones is 1. The predicted octanol–water partition coefficient (Wildman–Crippen LogP) is 3.62. The molecule has 0 radical (unpaired) electrons. The summed E-state index contributed by atoms with van der Waals surface area (Å²) in [6, 6.07) is 11.3. The van der Waals surface area contributed by atoms with Crippen molar-refractivity contribution in [2.24, 2.45) is 0 Å². The fourth-order valence-electron chi connectivity index (χ4n) is 3.28. The number of Topliss-reactive ketones (excluding diaryl/α,β-unsaturated/α-hetero) is 1. The second-order valence-electron chi connectivity index (χ2n) is 6.51. The van der Waals surface area contributed by atoms with Crippen LogP contribution in [0.25, 0.3) is 6.08 Å². The van der Waals surface area contributed by atoms with Crippen LogP contribution in [0.3, 0.4) is 0 Å². The number of nitrogens with two attached hydrogens (primary N) is 1. The fourth-order valence-corrected chi connectivity index (χ4v) is 3.28. The summed E-state index contributed by atoms with van der Waals surface area (Å²) in [6.45, 7) is 0.919. The van der Waals surface area contributed by atoms with Gasteiger partial charge in [0.05, 0.1) is 0 Å². The zero-order valence-corrected chi connectivity index (χ0v) is 14.4. The van der Waals surface area contributed by atoms with Crippen molar-refractivity contribution in [3.8, 4) is 11.5 Å². The number of fused-ring (bicyclic) bond motifs is 1. The number of anilines is 1. The lowest BCUT2D eigenvalue weighted by atomic mass is 9.97. The second-order valence-corrected chi connectivity index (χ2v) is 6.51. The second kappa shape index (κ2) is 7.22. The van der Waals surface area contributed by atoms with E-state index in [2.05, 4.69) is 0 Å². The molecule has 5 heteroatoms. The van der Waals surface area contributed by atoms with Crippen LogP contribution in [0.1, 0.15) is 34.3 Å². The molecule has 0 aliphatic carbocycles. The first-order chi connectivity index (χ1) is 12.7. The van der Waals surface area contributed by atoms with Crippen LogP contribution in [0, 0.1) is 0 Å². The molecule has 2 heterocycles. The summed E-state index contributed by atoms with van der Waals surface area (Å²) in [4.78, 5) is 12.7. The molecule has 1 saturated heterocycles. The summed E-state index contributed by atoms with van der Waals surface area (Å²) < 4.78 is 16.3. The minimum Gasteiger partial charge on any atom is -0.454 e. The molecular weight excluding hydrogens is 330 g/mol. The molecule has 0 saturated carbocycles. The first kappa shape index (κ1) is 16.7. The van der Waals surface area contributed by atoms with Gasteiger partial charge in [0, 0.05) is 17.9 Å². The Morgan fingerprint density at radius 3 is 2.88 bits per heavy atom. The van der Waals surface area contributed by atoms with Crippen LogP contribution in [0.4, 0.5) is 5.69 Å². The number of ether oxygens (including phenoxy) is 3. The van der Waals surface area contributed by atoms with Gasteiger partial charge in [-0.05, 0) is 54.7 Å². The largest absolute Gasteiger partial charge is 0.454 e. The number of benzene rings is 2. The Labute approximate surface area is 152 Å². The lowest BCUT2D eigenvalue weighted by molar-refractivity contribution is 0.0643. The average molecular weight is 351 g/mol. The molecule has 1 unspecified atom stereocenters. The van der Waals surface area contributed by atoms with Crippen LogP contribution in [0.5, 0.6) is 11.5 Å². The van der Waals surface area contributed by atoms with E-state index in [0.717, 1.165) is 41.9 Å². The van der Waals surface area contributed by atoms with Crippen molar-refractivity contribution in [3.63, 3.8) is 0 Å². The Morgan fingerprint density at radius 1 is 1.15 bits per heavy atom. The average Bonchev–Trinajstić information content (AvgIpc) is 3.33. The lowest BCUT2D eigenvalue weighted by Crippen LogP contribution is -2.20. The minimum atomic E-state index is -0.349. The SMILES string of the molecule is Nc1ccc(/C=C/Cc2ccc3c(c2)OCO3)c(C(=O)C2CCCO2)c1. The van der Waals surface area contributed by atoms with Gasteiger partial charge in [0.2, 0.25) is 6.79 Å². The Bertz CT molecular complexity index is 853. The van der Waals surface area contributed by atoms with Crippen LogP contribution in [0.15, 0.2) is 42.5 Å². The zero-order chi connectivity index (χ0) is 17.9. The molecule has 2 aromatic rings. The third-order valence-corrected chi connectivity index (χ3v) is 4.65. The zero-order valence-electron chi connectivity index (χ0n) is 14.4. The Hall–Kier alpha value is -2.79. The highest BCUT2D eigenvalue weighted by Gasteiger charge is 2.26. The molecule has 0 spiro atoms. The molecule has 2 aliphatic heterocycles. The Balaban J connectivity index is 1.52. The van der Waals surface area contributed by atoms with Crippen molar-refractivity contribution < 1.29 is 19.0 Å². The van der Waals surface area contributed by atoms with Gasteiger partial charge < -0.3 is 19.9 Å². The molecule has 5 nitrogen and oxygen atoms in total. The van der Waals surface area contributed by atoms with E-state index in [1.165, 1.54) is 0 Å². The maximum absolute atomic E-state index is 12.7. The molecule has 134 valence electrons. The molecular formula is C21H21NO4. The quantitative estimate of drug-likeness (QED) is 0.658. The van der Waals surface area contributed by atoms with Crippen LogP contribution < -0.4 is 15.2 Å². The maximum atomic E-state index is 12.7. The number of hydrogen-bond donors (Lipinski definition) is 1. The van der Waals surface area contributed by atoms with E-state index in [1.807, 2.05) is 42.5 Å². The molecule has 2 aliphatic rings. The molecule has 2 N–H and O–H groups in total. The van der Waals surface area contributed by atoms with Crippen LogP contribution in [-0.4, -0.2) is 25.3 Å². The van der Waals surface area contributed by atoms with Gasteiger partial charge in [-0.1, -0.05) is 24.3 Å². The summed E-state index contributed by atoms with van der Waals surface area (Å²) in [5, 5.41) is 0. The van der Waals surface area contributed by atoms with Gasteiger partial charge in [0.25, 0.3) is 0 Å².